The second-order valence-electron chi connectivity index (χ2n) is 4.65. The zero-order chi connectivity index (χ0) is 13.1. The maximum Gasteiger partial charge on any atom is 0.256 e. The van der Waals surface area contributed by atoms with Gasteiger partial charge in [0.15, 0.2) is 0 Å². The van der Waals surface area contributed by atoms with E-state index in [0.717, 1.165) is 30.8 Å². The highest BCUT2D eigenvalue weighted by Crippen LogP contribution is 2.22. The van der Waals surface area contributed by atoms with Crippen LogP contribution in [0.2, 0.25) is 0 Å². The van der Waals surface area contributed by atoms with Gasteiger partial charge in [0.1, 0.15) is 0 Å². The maximum absolute atomic E-state index is 12.5. The van der Waals surface area contributed by atoms with Crippen LogP contribution in [0.5, 0.6) is 0 Å². The highest BCUT2D eigenvalue weighted by atomic mass is 35.5. The number of alkyl halides is 1. The molecule has 1 saturated heterocycles. The summed E-state index contributed by atoms with van der Waals surface area (Å²) >= 11 is 5.92. The van der Waals surface area contributed by atoms with Gasteiger partial charge in [-0.1, -0.05) is 6.92 Å². The molecule has 0 radical (unpaired) electrons. The van der Waals surface area contributed by atoms with E-state index >= 15 is 0 Å². The zero-order valence-electron chi connectivity index (χ0n) is 10.8. The molecule has 0 bridgehead atoms. The van der Waals surface area contributed by atoms with Gasteiger partial charge in [-0.25, -0.2) is 0 Å². The summed E-state index contributed by atoms with van der Waals surface area (Å²) in [6.45, 7) is 4.63. The molecule has 2 heterocycles. The molecule has 1 atom stereocenters. The van der Waals surface area contributed by atoms with Crippen LogP contribution in [0.4, 0.5) is 0 Å². The Labute approximate surface area is 112 Å². The fraction of sp³-hybridized carbons (Fsp3) is 0.615. The van der Waals surface area contributed by atoms with E-state index in [-0.39, 0.29) is 11.9 Å². The van der Waals surface area contributed by atoms with Gasteiger partial charge in [0.05, 0.1) is 17.0 Å². The van der Waals surface area contributed by atoms with E-state index in [1.54, 1.807) is 0 Å². The number of carbonyl (C=O) groups excluding carboxylic acids is 1. The zero-order valence-corrected chi connectivity index (χ0v) is 11.6. The second kappa shape index (κ2) is 5.65. The fourth-order valence-electron chi connectivity index (χ4n) is 2.38. The largest absolute Gasteiger partial charge is 0.334 e. The third-order valence-electron chi connectivity index (χ3n) is 3.37. The van der Waals surface area contributed by atoms with Gasteiger partial charge in [0.25, 0.3) is 5.91 Å². The Bertz CT molecular complexity index is 450. The quantitative estimate of drug-likeness (QED) is 0.789. The molecule has 5 heteroatoms. The summed E-state index contributed by atoms with van der Waals surface area (Å²) in [6.07, 6.45) is 2.74. The highest BCUT2D eigenvalue weighted by Gasteiger charge is 2.30. The monoisotopic (exact) mass is 267 g/mol. The lowest BCUT2D eigenvalue weighted by Crippen LogP contribution is -2.37. The first kappa shape index (κ1) is 13.3. The van der Waals surface area contributed by atoms with Gasteiger partial charge in [0, 0.05) is 18.5 Å². The first-order valence-electron chi connectivity index (χ1n) is 6.37. The number of amides is 1. The van der Waals surface area contributed by atoms with Crippen molar-refractivity contribution < 1.29 is 4.79 Å². The van der Waals surface area contributed by atoms with Crippen molar-refractivity contribution in [3.8, 4) is 0 Å². The van der Waals surface area contributed by atoms with Crippen LogP contribution in [-0.4, -0.2) is 39.5 Å². The molecule has 1 unspecified atom stereocenters. The number of nitrogens with zero attached hydrogens (tertiary/aromatic N) is 3. The molecule has 0 saturated carbocycles. The summed E-state index contributed by atoms with van der Waals surface area (Å²) in [5.74, 6) is 0.554. The van der Waals surface area contributed by atoms with Crippen molar-refractivity contribution in [2.45, 2.75) is 39.2 Å². The molecule has 4 nitrogen and oxygen atoms in total. The number of hydrogen-bond donors (Lipinski definition) is 0. The number of likely N-dealkylation sites (tertiary alicyclic amines) is 1. The smallest absolute Gasteiger partial charge is 0.256 e. The van der Waals surface area contributed by atoms with Crippen LogP contribution in [0.25, 0.3) is 0 Å². The molecule has 1 fully saturated rings. The van der Waals surface area contributed by atoms with Gasteiger partial charge in [-0.3, -0.25) is 4.79 Å². The van der Waals surface area contributed by atoms with Crippen molar-refractivity contribution in [1.29, 1.82) is 0 Å². The van der Waals surface area contributed by atoms with E-state index in [2.05, 4.69) is 10.2 Å². The lowest BCUT2D eigenvalue weighted by atomic mass is 10.1. The van der Waals surface area contributed by atoms with Crippen molar-refractivity contribution in [3.05, 3.63) is 23.0 Å². The Kier molecular flexibility index (Phi) is 4.17. The van der Waals surface area contributed by atoms with Gasteiger partial charge in [-0.15, -0.1) is 11.6 Å². The van der Waals surface area contributed by atoms with Crippen molar-refractivity contribution in [3.63, 3.8) is 0 Å². The van der Waals surface area contributed by atoms with E-state index in [4.69, 9.17) is 11.6 Å². The normalized spacial score (nSPS) is 19.3. The van der Waals surface area contributed by atoms with Crippen LogP contribution in [0.1, 0.15) is 41.5 Å². The summed E-state index contributed by atoms with van der Waals surface area (Å²) < 4.78 is 0. The molecule has 1 aromatic heterocycles. The first-order valence-corrected chi connectivity index (χ1v) is 6.91. The molecule has 0 N–H and O–H groups in total. The van der Waals surface area contributed by atoms with Gasteiger partial charge in [-0.05, 0) is 32.3 Å². The van der Waals surface area contributed by atoms with Crippen LogP contribution in [0.3, 0.4) is 0 Å². The Balaban J connectivity index is 2.30. The van der Waals surface area contributed by atoms with E-state index in [1.165, 1.54) is 0 Å². The Morgan fingerprint density at radius 1 is 1.56 bits per heavy atom. The van der Waals surface area contributed by atoms with E-state index in [1.807, 2.05) is 24.8 Å². The van der Waals surface area contributed by atoms with Crippen molar-refractivity contribution in [1.82, 2.24) is 15.1 Å². The standard InChI is InChI=1S/C13H18ClN3O/c1-3-12-11(7-9(2)15-16-12)13(18)17-6-4-5-10(17)8-14/h7,10H,3-6,8H2,1-2H3. The van der Waals surface area contributed by atoms with Gasteiger partial charge in [0.2, 0.25) is 0 Å². The third-order valence-corrected chi connectivity index (χ3v) is 3.73. The summed E-state index contributed by atoms with van der Waals surface area (Å²) in [4.78, 5) is 14.4. The number of aryl methyl sites for hydroxylation is 2. The van der Waals surface area contributed by atoms with E-state index < -0.39 is 0 Å². The SMILES string of the molecule is CCc1nnc(C)cc1C(=O)N1CCCC1CCl. The topological polar surface area (TPSA) is 46.1 Å². The van der Waals surface area contributed by atoms with Crippen LogP contribution in [-0.2, 0) is 6.42 Å². The average Bonchev–Trinajstić information content (AvgIpc) is 2.86. The van der Waals surface area contributed by atoms with Crippen molar-refractivity contribution in [2.24, 2.45) is 0 Å². The molecular weight excluding hydrogens is 250 g/mol. The predicted molar refractivity (Wildman–Crippen MR) is 70.9 cm³/mol. The molecule has 0 aromatic carbocycles. The number of aromatic nitrogens is 2. The minimum atomic E-state index is 0.0491. The highest BCUT2D eigenvalue weighted by molar-refractivity contribution is 6.18. The molecule has 1 aromatic rings. The molecule has 1 aliphatic heterocycles. The molecule has 0 spiro atoms. The molecule has 0 aliphatic carbocycles. The van der Waals surface area contributed by atoms with E-state index in [9.17, 15) is 4.79 Å². The van der Waals surface area contributed by atoms with Gasteiger partial charge >= 0.3 is 0 Å². The molecule has 18 heavy (non-hydrogen) atoms. The van der Waals surface area contributed by atoms with Crippen molar-refractivity contribution in [2.75, 3.05) is 12.4 Å². The minimum Gasteiger partial charge on any atom is -0.334 e. The first-order chi connectivity index (χ1) is 8.67. The lowest BCUT2D eigenvalue weighted by molar-refractivity contribution is 0.0747. The van der Waals surface area contributed by atoms with Crippen LogP contribution in [0, 0.1) is 6.92 Å². The Morgan fingerprint density at radius 2 is 2.33 bits per heavy atom. The van der Waals surface area contributed by atoms with Gasteiger partial charge < -0.3 is 4.90 Å². The van der Waals surface area contributed by atoms with Crippen LogP contribution >= 0.6 is 11.6 Å². The fourth-order valence-corrected chi connectivity index (χ4v) is 2.70. The average molecular weight is 268 g/mol. The lowest BCUT2D eigenvalue weighted by Gasteiger charge is -2.23. The summed E-state index contributed by atoms with van der Waals surface area (Å²) in [5.41, 5.74) is 2.23. The number of hydrogen-bond acceptors (Lipinski definition) is 3. The summed E-state index contributed by atoms with van der Waals surface area (Å²) in [5, 5.41) is 8.12. The maximum atomic E-state index is 12.5. The van der Waals surface area contributed by atoms with Gasteiger partial charge in [-0.2, -0.15) is 10.2 Å². The van der Waals surface area contributed by atoms with Crippen LogP contribution in [0.15, 0.2) is 6.07 Å². The summed E-state index contributed by atoms with van der Waals surface area (Å²) in [7, 11) is 0. The predicted octanol–water partition coefficient (Wildman–Crippen LogP) is 2.19. The Hall–Kier alpha value is -1.16. The molecule has 98 valence electrons. The van der Waals surface area contributed by atoms with Crippen LogP contribution < -0.4 is 0 Å². The second-order valence-corrected chi connectivity index (χ2v) is 4.96. The molecule has 1 aliphatic rings. The number of rotatable bonds is 3. The third kappa shape index (κ3) is 2.48. The van der Waals surface area contributed by atoms with Crippen molar-refractivity contribution >= 4 is 17.5 Å². The Morgan fingerprint density at radius 3 is 3.00 bits per heavy atom. The number of carbonyl (C=O) groups is 1. The molecule has 1 amide bonds. The van der Waals surface area contributed by atoms with E-state index in [0.29, 0.717) is 17.9 Å². The number of halogens is 1. The molecule has 2 rings (SSSR count). The summed E-state index contributed by atoms with van der Waals surface area (Å²) in [6, 6.07) is 2.00. The minimum absolute atomic E-state index is 0.0491. The molecular formula is C13H18ClN3O.